The molecule has 2 aromatic rings. The van der Waals surface area contributed by atoms with Crippen LogP contribution in [0.25, 0.3) is 0 Å². The standard InChI is InChI=1S/C19H16ClF3N2O3/c1-28-14-5-3-13(4-6-14)25-10-11(8-17(25)26)18(27)24-16-9-12(19(21,22)23)2-7-15(16)20/h2-7,9,11H,8,10H2,1H3,(H,24,27). The van der Waals surface area contributed by atoms with Crippen molar-refractivity contribution in [3.63, 3.8) is 0 Å². The van der Waals surface area contributed by atoms with E-state index < -0.39 is 23.6 Å². The van der Waals surface area contributed by atoms with E-state index in [4.69, 9.17) is 16.3 Å². The molecule has 1 saturated heterocycles. The average molecular weight is 413 g/mol. The number of hydrogen-bond acceptors (Lipinski definition) is 3. The van der Waals surface area contributed by atoms with E-state index in [9.17, 15) is 22.8 Å². The molecule has 0 aromatic heterocycles. The summed E-state index contributed by atoms with van der Waals surface area (Å²) in [6.45, 7) is 0.119. The SMILES string of the molecule is COc1ccc(N2CC(C(=O)Nc3cc(C(F)(F)F)ccc3Cl)CC2=O)cc1. The molecular weight excluding hydrogens is 397 g/mol. The summed E-state index contributed by atoms with van der Waals surface area (Å²) in [6, 6.07) is 9.46. The Labute approximate surface area is 164 Å². The van der Waals surface area contributed by atoms with E-state index in [2.05, 4.69) is 5.32 Å². The number of hydrogen-bond donors (Lipinski definition) is 1. The van der Waals surface area contributed by atoms with E-state index in [1.54, 1.807) is 24.3 Å². The summed E-state index contributed by atoms with van der Waals surface area (Å²) < 4.78 is 43.7. The normalized spacial score (nSPS) is 17.0. The number of anilines is 2. The number of amides is 2. The first-order valence-corrected chi connectivity index (χ1v) is 8.69. The second-order valence-electron chi connectivity index (χ2n) is 6.29. The Kier molecular flexibility index (Phi) is 5.51. The van der Waals surface area contributed by atoms with E-state index in [0.717, 1.165) is 18.2 Å². The summed E-state index contributed by atoms with van der Waals surface area (Å²) in [5.74, 6) is -0.893. The molecule has 148 valence electrons. The largest absolute Gasteiger partial charge is 0.497 e. The van der Waals surface area contributed by atoms with Gasteiger partial charge in [-0.1, -0.05) is 11.6 Å². The predicted octanol–water partition coefficient (Wildman–Crippen LogP) is 4.36. The second-order valence-corrected chi connectivity index (χ2v) is 6.69. The minimum Gasteiger partial charge on any atom is -0.497 e. The molecular formula is C19H16ClF3N2O3. The Bertz CT molecular complexity index is 900. The van der Waals surface area contributed by atoms with Crippen molar-refractivity contribution in [1.29, 1.82) is 0 Å². The van der Waals surface area contributed by atoms with Gasteiger partial charge in [0.15, 0.2) is 0 Å². The molecule has 2 amide bonds. The van der Waals surface area contributed by atoms with E-state index in [1.165, 1.54) is 12.0 Å². The van der Waals surface area contributed by atoms with Crippen molar-refractivity contribution in [3.8, 4) is 5.75 Å². The van der Waals surface area contributed by atoms with Gasteiger partial charge in [-0.25, -0.2) is 0 Å². The molecule has 1 aliphatic rings. The number of methoxy groups -OCH3 is 1. The molecule has 0 bridgehead atoms. The number of nitrogens with one attached hydrogen (secondary N) is 1. The quantitative estimate of drug-likeness (QED) is 0.811. The lowest BCUT2D eigenvalue weighted by atomic mass is 10.1. The number of benzene rings is 2. The molecule has 1 unspecified atom stereocenters. The van der Waals surface area contributed by atoms with Crippen LogP contribution in [-0.2, 0) is 15.8 Å². The summed E-state index contributed by atoms with van der Waals surface area (Å²) in [5.41, 5.74) is -0.454. The number of halogens is 4. The minimum absolute atomic E-state index is 0.0160. The lowest BCUT2D eigenvalue weighted by Gasteiger charge is -2.17. The smallest absolute Gasteiger partial charge is 0.416 e. The van der Waals surface area contributed by atoms with Crippen molar-refractivity contribution in [2.45, 2.75) is 12.6 Å². The van der Waals surface area contributed by atoms with Crippen LogP contribution in [0.4, 0.5) is 24.5 Å². The van der Waals surface area contributed by atoms with Crippen LogP contribution in [0, 0.1) is 5.92 Å². The highest BCUT2D eigenvalue weighted by Gasteiger charge is 2.36. The van der Waals surface area contributed by atoms with Gasteiger partial charge in [0.05, 0.1) is 29.3 Å². The van der Waals surface area contributed by atoms with Crippen molar-refractivity contribution in [2.24, 2.45) is 5.92 Å². The van der Waals surface area contributed by atoms with Gasteiger partial charge in [0.1, 0.15) is 5.75 Å². The molecule has 1 aliphatic heterocycles. The van der Waals surface area contributed by atoms with Gasteiger partial charge in [0, 0.05) is 18.7 Å². The third kappa shape index (κ3) is 4.22. The summed E-state index contributed by atoms with van der Waals surface area (Å²) >= 11 is 5.91. The van der Waals surface area contributed by atoms with Gasteiger partial charge in [-0.3, -0.25) is 9.59 Å². The summed E-state index contributed by atoms with van der Waals surface area (Å²) in [5, 5.41) is 2.39. The molecule has 28 heavy (non-hydrogen) atoms. The zero-order valence-electron chi connectivity index (χ0n) is 14.7. The van der Waals surface area contributed by atoms with Crippen LogP contribution >= 0.6 is 11.6 Å². The molecule has 0 radical (unpaired) electrons. The van der Waals surface area contributed by atoms with Crippen molar-refractivity contribution < 1.29 is 27.5 Å². The lowest BCUT2D eigenvalue weighted by molar-refractivity contribution is -0.137. The third-order valence-electron chi connectivity index (χ3n) is 4.43. The fourth-order valence-corrected chi connectivity index (χ4v) is 3.09. The number of carbonyl (C=O) groups is 2. The van der Waals surface area contributed by atoms with Gasteiger partial charge in [-0.2, -0.15) is 13.2 Å². The van der Waals surface area contributed by atoms with Gasteiger partial charge < -0.3 is 15.0 Å². The second kappa shape index (κ2) is 7.71. The fourth-order valence-electron chi connectivity index (χ4n) is 2.93. The van der Waals surface area contributed by atoms with Gasteiger partial charge in [-0.15, -0.1) is 0 Å². The molecule has 1 heterocycles. The number of rotatable bonds is 4. The highest BCUT2D eigenvalue weighted by atomic mass is 35.5. The number of alkyl halides is 3. The van der Waals surface area contributed by atoms with Crippen molar-refractivity contribution in [1.82, 2.24) is 0 Å². The summed E-state index contributed by atoms with van der Waals surface area (Å²) in [4.78, 5) is 26.2. The molecule has 3 rings (SSSR count). The van der Waals surface area contributed by atoms with E-state index in [1.807, 2.05) is 0 Å². The topological polar surface area (TPSA) is 58.6 Å². The van der Waals surface area contributed by atoms with E-state index >= 15 is 0 Å². The molecule has 9 heteroatoms. The molecule has 5 nitrogen and oxygen atoms in total. The first-order valence-electron chi connectivity index (χ1n) is 8.31. The van der Waals surface area contributed by atoms with Crippen LogP contribution in [0.15, 0.2) is 42.5 Å². The van der Waals surface area contributed by atoms with E-state index in [0.29, 0.717) is 11.4 Å². The predicted molar refractivity (Wildman–Crippen MR) is 98.5 cm³/mol. The highest BCUT2D eigenvalue weighted by Crippen LogP contribution is 2.34. The van der Waals surface area contributed by atoms with Gasteiger partial charge in [0.2, 0.25) is 11.8 Å². The fraction of sp³-hybridized carbons (Fsp3) is 0.263. The monoisotopic (exact) mass is 412 g/mol. The number of carbonyl (C=O) groups excluding carboxylic acids is 2. The zero-order chi connectivity index (χ0) is 20.5. The lowest BCUT2D eigenvalue weighted by Crippen LogP contribution is -2.28. The Balaban J connectivity index is 1.73. The van der Waals surface area contributed by atoms with Crippen LogP contribution in [0.5, 0.6) is 5.75 Å². The molecule has 0 spiro atoms. The zero-order valence-corrected chi connectivity index (χ0v) is 15.5. The average Bonchev–Trinajstić information content (AvgIpc) is 3.04. The number of nitrogens with zero attached hydrogens (tertiary/aromatic N) is 1. The van der Waals surface area contributed by atoms with E-state index in [-0.39, 0.29) is 29.6 Å². The molecule has 0 saturated carbocycles. The molecule has 2 aromatic carbocycles. The maximum absolute atomic E-state index is 12.9. The van der Waals surface area contributed by atoms with Crippen LogP contribution in [0.1, 0.15) is 12.0 Å². The molecule has 1 N–H and O–H groups in total. The Hall–Kier alpha value is -2.74. The Morgan fingerprint density at radius 2 is 1.89 bits per heavy atom. The molecule has 1 atom stereocenters. The minimum atomic E-state index is -4.56. The van der Waals surface area contributed by atoms with Gasteiger partial charge >= 0.3 is 6.18 Å². The maximum Gasteiger partial charge on any atom is 0.416 e. The maximum atomic E-state index is 12.9. The van der Waals surface area contributed by atoms with Crippen LogP contribution in [-0.4, -0.2) is 25.5 Å². The molecule has 1 fully saturated rings. The first-order chi connectivity index (χ1) is 13.2. The van der Waals surface area contributed by atoms with Crippen LogP contribution in [0.2, 0.25) is 5.02 Å². The number of ether oxygens (including phenoxy) is 1. The summed E-state index contributed by atoms with van der Waals surface area (Å²) in [6.07, 6.45) is -4.60. The molecule has 0 aliphatic carbocycles. The van der Waals surface area contributed by atoms with Crippen LogP contribution in [0.3, 0.4) is 0 Å². The van der Waals surface area contributed by atoms with Gasteiger partial charge in [-0.05, 0) is 42.5 Å². The van der Waals surface area contributed by atoms with Gasteiger partial charge in [0.25, 0.3) is 0 Å². The first kappa shape index (κ1) is 20.0. The summed E-state index contributed by atoms with van der Waals surface area (Å²) in [7, 11) is 1.52. The van der Waals surface area contributed by atoms with Crippen LogP contribution < -0.4 is 15.0 Å². The van der Waals surface area contributed by atoms with Crippen molar-refractivity contribution in [2.75, 3.05) is 23.9 Å². The Morgan fingerprint density at radius 1 is 1.21 bits per heavy atom. The Morgan fingerprint density at radius 3 is 2.50 bits per heavy atom. The highest BCUT2D eigenvalue weighted by molar-refractivity contribution is 6.33. The van der Waals surface area contributed by atoms with Crippen molar-refractivity contribution >= 4 is 34.8 Å². The van der Waals surface area contributed by atoms with Crippen molar-refractivity contribution in [3.05, 3.63) is 53.1 Å². The third-order valence-corrected chi connectivity index (χ3v) is 4.76.